The number of rotatable bonds is 7. The highest BCUT2D eigenvalue weighted by Gasteiger charge is 2.16. The summed E-state index contributed by atoms with van der Waals surface area (Å²) in [6.45, 7) is 0. The van der Waals surface area contributed by atoms with Crippen molar-refractivity contribution in [3.05, 3.63) is 218 Å². The Morgan fingerprint density at radius 1 is 0.296 bits per heavy atom. The lowest BCUT2D eigenvalue weighted by atomic mass is 9.98. The lowest BCUT2D eigenvalue weighted by Gasteiger charge is -2.26. The lowest BCUT2D eigenvalue weighted by molar-refractivity contribution is 1.18. The molecule has 0 saturated heterocycles. The number of hydrogen-bond acceptors (Lipinski definition) is 1. The van der Waals surface area contributed by atoms with Crippen molar-refractivity contribution in [2.75, 3.05) is 4.90 Å². The van der Waals surface area contributed by atoms with Gasteiger partial charge >= 0.3 is 0 Å². The van der Waals surface area contributed by atoms with E-state index in [0.717, 1.165) is 22.7 Å². The quantitative estimate of drug-likeness (QED) is 0.162. The van der Waals surface area contributed by atoms with Crippen LogP contribution in [0.3, 0.4) is 0 Å². The summed E-state index contributed by atoms with van der Waals surface area (Å²) in [5.74, 6) is 0. The summed E-state index contributed by atoms with van der Waals surface area (Å²) < 4.78 is 2.38. The molecule has 0 unspecified atom stereocenters. The molecular formula is C52H36N2. The summed E-state index contributed by atoms with van der Waals surface area (Å²) in [7, 11) is 0. The third-order valence-corrected chi connectivity index (χ3v) is 10.6. The van der Waals surface area contributed by atoms with Crippen LogP contribution < -0.4 is 4.90 Å². The molecule has 1 aromatic heterocycles. The van der Waals surface area contributed by atoms with Crippen molar-refractivity contribution in [3.63, 3.8) is 0 Å². The molecule has 0 amide bonds. The highest BCUT2D eigenvalue weighted by molar-refractivity contribution is 6.10. The molecule has 10 aromatic rings. The average molecular weight is 689 g/mol. The molecule has 0 N–H and O–H groups in total. The first-order valence-electron chi connectivity index (χ1n) is 18.5. The Morgan fingerprint density at radius 3 is 1.54 bits per heavy atom. The van der Waals surface area contributed by atoms with E-state index in [9.17, 15) is 0 Å². The van der Waals surface area contributed by atoms with E-state index in [2.05, 4.69) is 228 Å². The standard InChI is InChI=1S/C52H36N2/c1-3-12-37(13-4-1)38-22-31-46(32-23-38)54-51-21-10-9-19-49(51)50-36-42(28-35-52(50)54)39-24-29-44(30-25-39)53(43-16-5-2-6-17-43)45-33-26-41(27-34-45)48-20-11-15-40-14-7-8-18-47(40)48/h1-36H. The van der Waals surface area contributed by atoms with Gasteiger partial charge in [-0.15, -0.1) is 0 Å². The van der Waals surface area contributed by atoms with Crippen LogP contribution in [0, 0.1) is 0 Å². The van der Waals surface area contributed by atoms with Crippen molar-refractivity contribution in [1.29, 1.82) is 0 Å². The molecule has 54 heavy (non-hydrogen) atoms. The summed E-state index contributed by atoms with van der Waals surface area (Å²) in [5.41, 5.74) is 14.2. The Morgan fingerprint density at radius 2 is 0.796 bits per heavy atom. The molecule has 0 aliphatic rings. The number of hydrogen-bond donors (Lipinski definition) is 0. The fourth-order valence-corrected chi connectivity index (χ4v) is 7.96. The van der Waals surface area contributed by atoms with Crippen LogP contribution >= 0.6 is 0 Å². The molecule has 0 radical (unpaired) electrons. The molecular weight excluding hydrogens is 653 g/mol. The third kappa shape index (κ3) is 5.62. The molecule has 0 saturated carbocycles. The Labute approximate surface area is 315 Å². The average Bonchev–Trinajstić information content (AvgIpc) is 3.58. The van der Waals surface area contributed by atoms with Gasteiger partial charge in [0, 0.05) is 33.5 Å². The zero-order valence-electron chi connectivity index (χ0n) is 29.7. The van der Waals surface area contributed by atoms with E-state index in [1.54, 1.807) is 0 Å². The van der Waals surface area contributed by atoms with Crippen molar-refractivity contribution in [3.8, 4) is 39.1 Å². The van der Waals surface area contributed by atoms with E-state index in [0.29, 0.717) is 0 Å². The molecule has 9 aromatic carbocycles. The maximum atomic E-state index is 2.38. The van der Waals surface area contributed by atoms with Crippen molar-refractivity contribution in [2.45, 2.75) is 0 Å². The van der Waals surface area contributed by atoms with Crippen LogP contribution in [0.1, 0.15) is 0 Å². The second-order valence-corrected chi connectivity index (χ2v) is 13.8. The van der Waals surface area contributed by atoms with Crippen LogP contribution in [0.4, 0.5) is 17.1 Å². The van der Waals surface area contributed by atoms with Gasteiger partial charge in [0.2, 0.25) is 0 Å². The minimum Gasteiger partial charge on any atom is -0.311 e. The van der Waals surface area contributed by atoms with Gasteiger partial charge in [0.15, 0.2) is 0 Å². The van der Waals surface area contributed by atoms with Crippen molar-refractivity contribution in [2.24, 2.45) is 0 Å². The first-order chi connectivity index (χ1) is 26.8. The van der Waals surface area contributed by atoms with Gasteiger partial charge in [-0.2, -0.15) is 0 Å². The molecule has 1 heterocycles. The van der Waals surface area contributed by atoms with E-state index in [1.165, 1.54) is 66.0 Å². The van der Waals surface area contributed by atoms with Crippen molar-refractivity contribution >= 4 is 49.6 Å². The summed E-state index contributed by atoms with van der Waals surface area (Å²) in [6.07, 6.45) is 0. The number of para-hydroxylation sites is 2. The Hall–Kier alpha value is -7.16. The number of fused-ring (bicyclic) bond motifs is 4. The summed E-state index contributed by atoms with van der Waals surface area (Å²) in [5, 5.41) is 5.02. The Bertz CT molecular complexity index is 2880. The maximum absolute atomic E-state index is 2.38. The van der Waals surface area contributed by atoms with Gasteiger partial charge in [-0.25, -0.2) is 0 Å². The van der Waals surface area contributed by atoms with Crippen LogP contribution in [-0.4, -0.2) is 4.57 Å². The molecule has 0 aliphatic heterocycles. The normalized spacial score (nSPS) is 11.3. The number of anilines is 3. The van der Waals surface area contributed by atoms with Crippen molar-refractivity contribution in [1.82, 2.24) is 4.57 Å². The van der Waals surface area contributed by atoms with Gasteiger partial charge in [-0.05, 0) is 111 Å². The molecule has 2 nitrogen and oxygen atoms in total. The zero-order chi connectivity index (χ0) is 35.8. The van der Waals surface area contributed by atoms with Crippen molar-refractivity contribution < 1.29 is 0 Å². The van der Waals surface area contributed by atoms with Gasteiger partial charge in [-0.1, -0.05) is 152 Å². The third-order valence-electron chi connectivity index (χ3n) is 10.6. The highest BCUT2D eigenvalue weighted by Crippen LogP contribution is 2.39. The summed E-state index contributed by atoms with van der Waals surface area (Å²) in [4.78, 5) is 2.33. The van der Waals surface area contributed by atoms with Crippen LogP contribution in [0.5, 0.6) is 0 Å². The first kappa shape index (κ1) is 31.6. The van der Waals surface area contributed by atoms with E-state index in [-0.39, 0.29) is 0 Å². The highest BCUT2D eigenvalue weighted by atomic mass is 15.1. The largest absolute Gasteiger partial charge is 0.311 e. The molecule has 10 rings (SSSR count). The number of benzene rings is 9. The molecule has 0 atom stereocenters. The van der Waals surface area contributed by atoms with Gasteiger partial charge in [0.1, 0.15) is 0 Å². The van der Waals surface area contributed by atoms with Crippen LogP contribution in [0.25, 0.3) is 71.6 Å². The van der Waals surface area contributed by atoms with Crippen LogP contribution in [-0.2, 0) is 0 Å². The Kier molecular flexibility index (Phi) is 7.85. The first-order valence-corrected chi connectivity index (χ1v) is 18.5. The fraction of sp³-hybridized carbons (Fsp3) is 0. The smallest absolute Gasteiger partial charge is 0.0541 e. The number of aromatic nitrogens is 1. The van der Waals surface area contributed by atoms with Gasteiger partial charge < -0.3 is 9.47 Å². The zero-order valence-corrected chi connectivity index (χ0v) is 29.7. The van der Waals surface area contributed by atoms with Crippen LogP contribution in [0.2, 0.25) is 0 Å². The monoisotopic (exact) mass is 688 g/mol. The maximum Gasteiger partial charge on any atom is 0.0541 e. The molecule has 0 bridgehead atoms. The molecule has 0 fully saturated rings. The van der Waals surface area contributed by atoms with Gasteiger partial charge in [-0.3, -0.25) is 0 Å². The molecule has 2 heteroatoms. The minimum absolute atomic E-state index is 1.11. The van der Waals surface area contributed by atoms with E-state index < -0.39 is 0 Å². The van der Waals surface area contributed by atoms with Crippen LogP contribution in [0.15, 0.2) is 218 Å². The van der Waals surface area contributed by atoms with E-state index in [4.69, 9.17) is 0 Å². The topological polar surface area (TPSA) is 8.17 Å². The summed E-state index contributed by atoms with van der Waals surface area (Å²) >= 11 is 0. The van der Waals surface area contributed by atoms with E-state index >= 15 is 0 Å². The lowest BCUT2D eigenvalue weighted by Crippen LogP contribution is -2.09. The van der Waals surface area contributed by atoms with Gasteiger partial charge in [0.05, 0.1) is 11.0 Å². The van der Waals surface area contributed by atoms with E-state index in [1.807, 2.05) is 0 Å². The minimum atomic E-state index is 1.11. The number of nitrogens with zero attached hydrogens (tertiary/aromatic N) is 2. The fourth-order valence-electron chi connectivity index (χ4n) is 7.96. The Balaban J connectivity index is 0.998. The summed E-state index contributed by atoms with van der Waals surface area (Å²) in [6, 6.07) is 78.7. The molecule has 254 valence electrons. The molecule has 0 aliphatic carbocycles. The second kappa shape index (κ2) is 13.4. The SMILES string of the molecule is c1ccc(-c2ccc(-n3c4ccccc4c4cc(-c5ccc(N(c6ccccc6)c6ccc(-c7cccc8ccccc78)cc6)cc5)ccc43)cc2)cc1. The predicted octanol–water partition coefficient (Wildman–Crippen LogP) is 14.4. The van der Waals surface area contributed by atoms with Gasteiger partial charge in [0.25, 0.3) is 0 Å². The second-order valence-electron chi connectivity index (χ2n) is 13.8. The predicted molar refractivity (Wildman–Crippen MR) is 229 cm³/mol. The molecule has 0 spiro atoms.